The molecular formula is C15H20O. The van der Waals surface area contributed by atoms with Crippen LogP contribution in [0.4, 0.5) is 0 Å². The molecule has 16 heavy (non-hydrogen) atoms. The molecule has 0 bridgehead atoms. The van der Waals surface area contributed by atoms with Gasteiger partial charge in [0.2, 0.25) is 0 Å². The monoisotopic (exact) mass is 216 g/mol. The van der Waals surface area contributed by atoms with Crippen molar-refractivity contribution >= 4 is 12.4 Å². The van der Waals surface area contributed by atoms with Gasteiger partial charge in [-0.1, -0.05) is 45.0 Å². The molecule has 0 aliphatic rings. The molecule has 0 amide bonds. The molecule has 0 saturated heterocycles. The molecule has 1 rings (SSSR count). The second kappa shape index (κ2) is 6.26. The van der Waals surface area contributed by atoms with E-state index >= 15 is 0 Å². The summed E-state index contributed by atoms with van der Waals surface area (Å²) in [7, 11) is 0. The Morgan fingerprint density at radius 3 is 2.31 bits per heavy atom. The van der Waals surface area contributed by atoms with Crippen LogP contribution in [0.2, 0.25) is 0 Å². The van der Waals surface area contributed by atoms with Crippen LogP contribution in [-0.2, 0) is 11.2 Å². The average Bonchev–Trinajstić information content (AvgIpc) is 2.27. The van der Waals surface area contributed by atoms with Crippen molar-refractivity contribution in [1.29, 1.82) is 0 Å². The minimum Gasteiger partial charge on any atom is -0.298 e. The van der Waals surface area contributed by atoms with Crippen LogP contribution in [0.3, 0.4) is 0 Å². The predicted octanol–water partition coefficient (Wildman–Crippen LogP) is 3.88. The third-order valence-corrected chi connectivity index (χ3v) is 2.54. The molecule has 0 N–H and O–H groups in total. The van der Waals surface area contributed by atoms with Gasteiger partial charge in [-0.2, -0.15) is 0 Å². The first-order valence-electron chi connectivity index (χ1n) is 5.90. The van der Waals surface area contributed by atoms with E-state index in [1.54, 1.807) is 0 Å². The summed E-state index contributed by atoms with van der Waals surface area (Å²) in [6.45, 7) is 6.43. The molecule has 0 aromatic heterocycles. The van der Waals surface area contributed by atoms with Gasteiger partial charge in [0, 0.05) is 0 Å². The molecule has 0 atom stereocenters. The molecule has 0 aliphatic carbocycles. The second-order valence-corrected chi connectivity index (χ2v) is 4.53. The number of aldehydes is 1. The van der Waals surface area contributed by atoms with Crippen molar-refractivity contribution in [3.63, 3.8) is 0 Å². The molecule has 1 aromatic carbocycles. The molecule has 1 nitrogen and oxygen atoms in total. The van der Waals surface area contributed by atoms with Crippen molar-refractivity contribution in [2.45, 2.75) is 33.6 Å². The quantitative estimate of drug-likeness (QED) is 0.539. The Balaban J connectivity index is 2.78. The zero-order valence-electron chi connectivity index (χ0n) is 10.4. The summed E-state index contributed by atoms with van der Waals surface area (Å²) in [4.78, 5) is 10.7. The van der Waals surface area contributed by atoms with Crippen molar-refractivity contribution in [3.05, 3.63) is 41.0 Å². The highest BCUT2D eigenvalue weighted by Gasteiger charge is 1.98. The smallest absolute Gasteiger partial charge is 0.146 e. The minimum absolute atomic E-state index is 0.683. The first-order chi connectivity index (χ1) is 7.65. The second-order valence-electron chi connectivity index (χ2n) is 4.53. The van der Waals surface area contributed by atoms with Crippen molar-refractivity contribution in [2.75, 3.05) is 0 Å². The SMILES string of the molecule is CC/C(C=O)=C\c1ccc(CC(C)C)cc1. The molecule has 0 fully saturated rings. The molecule has 1 heteroatoms. The van der Waals surface area contributed by atoms with E-state index < -0.39 is 0 Å². The third-order valence-electron chi connectivity index (χ3n) is 2.54. The lowest BCUT2D eigenvalue weighted by molar-refractivity contribution is -0.104. The number of hydrogen-bond donors (Lipinski definition) is 0. The van der Waals surface area contributed by atoms with Gasteiger partial charge < -0.3 is 0 Å². The molecule has 1 aromatic rings. The maximum absolute atomic E-state index is 10.7. The van der Waals surface area contributed by atoms with Gasteiger partial charge in [0.15, 0.2) is 0 Å². The van der Waals surface area contributed by atoms with E-state index in [-0.39, 0.29) is 0 Å². The molecule has 86 valence electrons. The lowest BCUT2D eigenvalue weighted by Crippen LogP contribution is -1.93. The Labute approximate surface area is 98.2 Å². The number of benzene rings is 1. The first-order valence-corrected chi connectivity index (χ1v) is 5.90. The maximum atomic E-state index is 10.7. The fourth-order valence-electron chi connectivity index (χ4n) is 1.65. The fraction of sp³-hybridized carbons (Fsp3) is 0.400. The van der Waals surface area contributed by atoms with Gasteiger partial charge in [0.1, 0.15) is 6.29 Å². The van der Waals surface area contributed by atoms with Crippen molar-refractivity contribution in [3.8, 4) is 0 Å². The van der Waals surface area contributed by atoms with E-state index in [1.807, 2.05) is 13.0 Å². The standard InChI is InChI=1S/C15H20O/c1-4-13(11-16)10-15-7-5-14(6-8-15)9-12(2)3/h5-8,10-12H,4,9H2,1-3H3/b13-10+. The summed E-state index contributed by atoms with van der Waals surface area (Å²) in [6.07, 6.45) is 4.78. The van der Waals surface area contributed by atoms with Gasteiger partial charge >= 0.3 is 0 Å². The number of rotatable bonds is 5. The molecule has 0 unspecified atom stereocenters. The Bertz CT molecular complexity index is 358. The van der Waals surface area contributed by atoms with Crippen molar-refractivity contribution in [2.24, 2.45) is 5.92 Å². The van der Waals surface area contributed by atoms with Crippen LogP contribution in [0, 0.1) is 5.92 Å². The predicted molar refractivity (Wildman–Crippen MR) is 69.3 cm³/mol. The summed E-state index contributed by atoms with van der Waals surface area (Å²) in [5.74, 6) is 0.683. The Morgan fingerprint density at radius 2 is 1.88 bits per heavy atom. The molecule has 0 heterocycles. The Hall–Kier alpha value is -1.37. The van der Waals surface area contributed by atoms with Crippen LogP contribution in [0.1, 0.15) is 38.3 Å². The van der Waals surface area contributed by atoms with E-state index in [4.69, 9.17) is 0 Å². The molecule has 0 aliphatic heterocycles. The van der Waals surface area contributed by atoms with Gasteiger partial charge in [-0.25, -0.2) is 0 Å². The highest BCUT2D eigenvalue weighted by atomic mass is 16.1. The number of hydrogen-bond acceptors (Lipinski definition) is 1. The van der Waals surface area contributed by atoms with Crippen LogP contribution in [-0.4, -0.2) is 6.29 Å². The van der Waals surface area contributed by atoms with Crippen LogP contribution < -0.4 is 0 Å². The summed E-state index contributed by atoms with van der Waals surface area (Å²) in [6, 6.07) is 8.45. The van der Waals surface area contributed by atoms with E-state index in [1.165, 1.54) is 5.56 Å². The summed E-state index contributed by atoms with van der Waals surface area (Å²) < 4.78 is 0. The van der Waals surface area contributed by atoms with E-state index in [9.17, 15) is 4.79 Å². The van der Waals surface area contributed by atoms with Crippen molar-refractivity contribution < 1.29 is 4.79 Å². The van der Waals surface area contributed by atoms with Gasteiger partial charge in [-0.05, 0) is 41.5 Å². The third kappa shape index (κ3) is 4.01. The molecular weight excluding hydrogens is 196 g/mol. The van der Waals surface area contributed by atoms with Gasteiger partial charge in [-0.15, -0.1) is 0 Å². The number of allylic oxidation sites excluding steroid dienone is 1. The largest absolute Gasteiger partial charge is 0.298 e. The van der Waals surface area contributed by atoms with Crippen LogP contribution in [0.5, 0.6) is 0 Å². The first kappa shape index (κ1) is 12.7. The Morgan fingerprint density at radius 1 is 1.25 bits per heavy atom. The topological polar surface area (TPSA) is 17.1 Å². The lowest BCUT2D eigenvalue weighted by Gasteiger charge is -2.05. The normalized spacial score (nSPS) is 11.9. The minimum atomic E-state index is 0.683. The summed E-state index contributed by atoms with van der Waals surface area (Å²) >= 11 is 0. The molecule has 0 saturated carbocycles. The van der Waals surface area contributed by atoms with Crippen LogP contribution in [0.15, 0.2) is 29.8 Å². The molecule has 0 spiro atoms. The van der Waals surface area contributed by atoms with Gasteiger partial charge in [0.25, 0.3) is 0 Å². The molecule has 0 radical (unpaired) electrons. The Kier molecular flexibility index (Phi) is 4.97. The number of carbonyl (C=O) groups excluding carboxylic acids is 1. The highest BCUT2D eigenvalue weighted by Crippen LogP contribution is 2.12. The van der Waals surface area contributed by atoms with Gasteiger partial charge in [0.05, 0.1) is 0 Å². The lowest BCUT2D eigenvalue weighted by atomic mass is 10.0. The zero-order valence-corrected chi connectivity index (χ0v) is 10.4. The zero-order chi connectivity index (χ0) is 12.0. The highest BCUT2D eigenvalue weighted by molar-refractivity contribution is 5.81. The van der Waals surface area contributed by atoms with E-state index in [0.717, 1.165) is 30.3 Å². The number of carbonyl (C=O) groups is 1. The fourth-order valence-corrected chi connectivity index (χ4v) is 1.65. The maximum Gasteiger partial charge on any atom is 0.146 e. The van der Waals surface area contributed by atoms with Crippen LogP contribution >= 0.6 is 0 Å². The van der Waals surface area contributed by atoms with Crippen LogP contribution in [0.25, 0.3) is 6.08 Å². The van der Waals surface area contributed by atoms with Crippen molar-refractivity contribution in [1.82, 2.24) is 0 Å². The van der Waals surface area contributed by atoms with E-state index in [0.29, 0.717) is 5.92 Å². The summed E-state index contributed by atoms with van der Waals surface area (Å²) in [5.41, 5.74) is 3.31. The van der Waals surface area contributed by atoms with Gasteiger partial charge in [-0.3, -0.25) is 4.79 Å². The van der Waals surface area contributed by atoms with E-state index in [2.05, 4.69) is 38.1 Å². The summed E-state index contributed by atoms with van der Waals surface area (Å²) in [5, 5.41) is 0. The average molecular weight is 216 g/mol.